The van der Waals surface area contributed by atoms with E-state index in [1.807, 2.05) is 43.1 Å². The number of carbonyl (C=O) groups is 1. The second-order valence-electron chi connectivity index (χ2n) is 6.05. The van der Waals surface area contributed by atoms with Crippen molar-refractivity contribution >= 4 is 34.2 Å². The van der Waals surface area contributed by atoms with Gasteiger partial charge in [-0.05, 0) is 36.6 Å². The SMILES string of the molecule is Cc1c(Cl)ccc2c(N(C)CCc3ccccc3)c(C(=O)O)cnc12. The van der Waals surface area contributed by atoms with Gasteiger partial charge in [-0.25, -0.2) is 4.79 Å². The Kier molecular flexibility index (Phi) is 4.91. The largest absolute Gasteiger partial charge is 0.478 e. The van der Waals surface area contributed by atoms with Gasteiger partial charge in [-0.15, -0.1) is 0 Å². The fraction of sp³-hybridized carbons (Fsp3) is 0.200. The summed E-state index contributed by atoms with van der Waals surface area (Å²) in [6.45, 7) is 2.59. The number of rotatable bonds is 5. The average Bonchev–Trinajstić information content (AvgIpc) is 2.62. The first-order chi connectivity index (χ1) is 12.0. The molecule has 2 aromatic carbocycles. The molecule has 0 amide bonds. The Labute approximate surface area is 151 Å². The lowest BCUT2D eigenvalue weighted by Gasteiger charge is -2.23. The third-order valence-electron chi connectivity index (χ3n) is 4.39. The van der Waals surface area contributed by atoms with Crippen molar-refractivity contribution in [1.82, 2.24) is 4.98 Å². The highest BCUT2D eigenvalue weighted by Crippen LogP contribution is 2.33. The zero-order valence-electron chi connectivity index (χ0n) is 14.2. The van der Waals surface area contributed by atoms with Crippen LogP contribution in [0.5, 0.6) is 0 Å². The topological polar surface area (TPSA) is 53.4 Å². The van der Waals surface area contributed by atoms with E-state index in [1.165, 1.54) is 11.8 Å². The minimum atomic E-state index is -0.983. The van der Waals surface area contributed by atoms with Gasteiger partial charge < -0.3 is 10.0 Å². The van der Waals surface area contributed by atoms with Crippen LogP contribution in [0.3, 0.4) is 0 Å². The molecule has 1 aromatic heterocycles. The van der Waals surface area contributed by atoms with Gasteiger partial charge in [0.05, 0.1) is 11.2 Å². The van der Waals surface area contributed by atoms with Gasteiger partial charge in [0.15, 0.2) is 0 Å². The second kappa shape index (κ2) is 7.11. The van der Waals surface area contributed by atoms with Crippen molar-refractivity contribution < 1.29 is 9.90 Å². The number of aromatic nitrogens is 1. The Hall–Kier alpha value is -2.59. The number of hydrogen-bond acceptors (Lipinski definition) is 3. The van der Waals surface area contributed by atoms with E-state index in [-0.39, 0.29) is 5.56 Å². The van der Waals surface area contributed by atoms with E-state index >= 15 is 0 Å². The number of halogens is 1. The van der Waals surface area contributed by atoms with E-state index in [9.17, 15) is 9.90 Å². The van der Waals surface area contributed by atoms with Gasteiger partial charge in [0, 0.05) is 30.2 Å². The van der Waals surface area contributed by atoms with Crippen LogP contribution in [0.1, 0.15) is 21.5 Å². The summed E-state index contributed by atoms with van der Waals surface area (Å²) in [6, 6.07) is 13.8. The van der Waals surface area contributed by atoms with Crippen LogP contribution in [-0.2, 0) is 6.42 Å². The van der Waals surface area contributed by atoms with Crippen LogP contribution in [0.15, 0.2) is 48.7 Å². The second-order valence-corrected chi connectivity index (χ2v) is 6.46. The molecule has 0 aliphatic rings. The summed E-state index contributed by atoms with van der Waals surface area (Å²) in [5.74, 6) is -0.983. The molecule has 25 heavy (non-hydrogen) atoms. The smallest absolute Gasteiger partial charge is 0.339 e. The number of hydrogen-bond donors (Lipinski definition) is 1. The van der Waals surface area contributed by atoms with Gasteiger partial charge in [-0.1, -0.05) is 41.9 Å². The minimum absolute atomic E-state index is 0.199. The summed E-state index contributed by atoms with van der Waals surface area (Å²) < 4.78 is 0. The predicted molar refractivity (Wildman–Crippen MR) is 102 cm³/mol. The van der Waals surface area contributed by atoms with Crippen LogP contribution in [0.4, 0.5) is 5.69 Å². The Morgan fingerprint density at radius 1 is 1.20 bits per heavy atom. The van der Waals surface area contributed by atoms with Crippen molar-refractivity contribution in [2.24, 2.45) is 0 Å². The average molecular weight is 355 g/mol. The maximum atomic E-state index is 11.7. The van der Waals surface area contributed by atoms with E-state index in [4.69, 9.17) is 11.6 Å². The summed E-state index contributed by atoms with van der Waals surface area (Å²) in [6.07, 6.45) is 2.25. The molecule has 3 rings (SSSR count). The van der Waals surface area contributed by atoms with Crippen LogP contribution in [0.2, 0.25) is 5.02 Å². The Balaban J connectivity index is 2.04. The lowest BCUT2D eigenvalue weighted by Crippen LogP contribution is -2.23. The van der Waals surface area contributed by atoms with Crippen LogP contribution >= 0.6 is 11.6 Å². The van der Waals surface area contributed by atoms with E-state index in [1.54, 1.807) is 6.07 Å². The van der Waals surface area contributed by atoms with Crippen LogP contribution in [0.25, 0.3) is 10.9 Å². The number of likely N-dealkylation sites (N-methyl/N-ethyl adjacent to an activating group) is 1. The van der Waals surface area contributed by atoms with Crippen LogP contribution in [0, 0.1) is 6.92 Å². The van der Waals surface area contributed by atoms with Crippen LogP contribution < -0.4 is 4.90 Å². The number of carboxylic acid groups (broad SMARTS) is 1. The number of carboxylic acids is 1. The molecule has 0 fully saturated rings. The van der Waals surface area contributed by atoms with Gasteiger partial charge in [-0.3, -0.25) is 4.98 Å². The van der Waals surface area contributed by atoms with E-state index in [0.717, 1.165) is 22.9 Å². The summed E-state index contributed by atoms with van der Waals surface area (Å²) in [5, 5.41) is 11.0. The number of nitrogens with zero attached hydrogens (tertiary/aromatic N) is 2. The van der Waals surface area contributed by atoms with Gasteiger partial charge in [0.25, 0.3) is 0 Å². The fourth-order valence-electron chi connectivity index (χ4n) is 2.99. The first-order valence-corrected chi connectivity index (χ1v) is 8.43. The Morgan fingerprint density at radius 2 is 1.92 bits per heavy atom. The number of aromatic carboxylic acids is 1. The molecule has 1 heterocycles. The molecule has 128 valence electrons. The molecular formula is C20H19ClN2O2. The third-order valence-corrected chi connectivity index (χ3v) is 4.80. The molecule has 0 saturated carbocycles. The highest BCUT2D eigenvalue weighted by Gasteiger charge is 2.19. The Morgan fingerprint density at radius 3 is 2.60 bits per heavy atom. The molecule has 0 aliphatic carbocycles. The van der Waals surface area contributed by atoms with Gasteiger partial charge in [-0.2, -0.15) is 0 Å². The molecule has 0 saturated heterocycles. The van der Waals surface area contributed by atoms with Gasteiger partial charge >= 0.3 is 5.97 Å². The van der Waals surface area contributed by atoms with Crippen LogP contribution in [-0.4, -0.2) is 29.7 Å². The lowest BCUT2D eigenvalue weighted by molar-refractivity contribution is 0.0697. The first-order valence-electron chi connectivity index (χ1n) is 8.05. The monoisotopic (exact) mass is 354 g/mol. The quantitative estimate of drug-likeness (QED) is 0.729. The van der Waals surface area contributed by atoms with Gasteiger partial charge in [0.1, 0.15) is 5.56 Å². The van der Waals surface area contributed by atoms with Crippen molar-refractivity contribution in [3.63, 3.8) is 0 Å². The zero-order chi connectivity index (χ0) is 18.0. The van der Waals surface area contributed by atoms with E-state index in [0.29, 0.717) is 17.3 Å². The number of aryl methyl sites for hydroxylation is 1. The zero-order valence-corrected chi connectivity index (χ0v) is 14.9. The third kappa shape index (κ3) is 3.44. The fourth-order valence-corrected chi connectivity index (χ4v) is 3.14. The summed E-state index contributed by atoms with van der Waals surface area (Å²) >= 11 is 6.19. The number of anilines is 1. The summed E-state index contributed by atoms with van der Waals surface area (Å²) in [5.41, 5.74) is 3.68. The maximum Gasteiger partial charge on any atom is 0.339 e. The molecule has 1 N–H and O–H groups in total. The number of fused-ring (bicyclic) bond motifs is 1. The minimum Gasteiger partial charge on any atom is -0.478 e. The summed E-state index contributed by atoms with van der Waals surface area (Å²) in [4.78, 5) is 18.0. The molecule has 4 nitrogen and oxygen atoms in total. The van der Waals surface area contributed by atoms with Crippen molar-refractivity contribution in [2.45, 2.75) is 13.3 Å². The molecule has 5 heteroatoms. The number of benzene rings is 2. The normalized spacial score (nSPS) is 10.8. The van der Waals surface area contributed by atoms with Crippen molar-refractivity contribution in [3.05, 3.63) is 70.4 Å². The van der Waals surface area contributed by atoms with E-state index < -0.39 is 5.97 Å². The molecule has 0 unspecified atom stereocenters. The Bertz CT molecular complexity index is 926. The highest BCUT2D eigenvalue weighted by molar-refractivity contribution is 6.32. The number of pyridine rings is 1. The van der Waals surface area contributed by atoms with E-state index in [2.05, 4.69) is 17.1 Å². The molecule has 0 bridgehead atoms. The molecule has 0 spiro atoms. The lowest BCUT2D eigenvalue weighted by atomic mass is 10.0. The van der Waals surface area contributed by atoms with Crippen molar-refractivity contribution in [3.8, 4) is 0 Å². The molecule has 0 aliphatic heterocycles. The molecule has 3 aromatic rings. The first kappa shape index (κ1) is 17.2. The van der Waals surface area contributed by atoms with Crippen molar-refractivity contribution in [1.29, 1.82) is 0 Å². The molecule has 0 radical (unpaired) electrons. The highest BCUT2D eigenvalue weighted by atomic mass is 35.5. The predicted octanol–water partition coefficient (Wildman–Crippen LogP) is 4.57. The molecular weight excluding hydrogens is 336 g/mol. The molecule has 0 atom stereocenters. The van der Waals surface area contributed by atoms with Gasteiger partial charge in [0.2, 0.25) is 0 Å². The summed E-state index contributed by atoms with van der Waals surface area (Å²) in [7, 11) is 1.91. The van der Waals surface area contributed by atoms with Crippen molar-refractivity contribution in [2.75, 3.05) is 18.5 Å². The standard InChI is InChI=1S/C20H19ClN2O2/c1-13-17(21)9-8-15-18(13)22-12-16(20(24)25)19(15)23(2)11-10-14-6-4-3-5-7-14/h3-9,12H,10-11H2,1-2H3,(H,24,25). The maximum absolute atomic E-state index is 11.7.